The highest BCUT2D eigenvalue weighted by molar-refractivity contribution is 7.80. The van der Waals surface area contributed by atoms with Gasteiger partial charge < -0.3 is 4.57 Å². The van der Waals surface area contributed by atoms with Crippen LogP contribution in [0, 0.1) is 0 Å². The Morgan fingerprint density at radius 1 is 0.882 bits per heavy atom. The van der Waals surface area contributed by atoms with Gasteiger partial charge in [0.2, 0.25) is 0 Å². The average molecular weight is 239 g/mol. The minimum Gasteiger partial charge on any atom is -0.342 e. The van der Waals surface area contributed by atoms with E-state index in [4.69, 9.17) is 0 Å². The van der Waals surface area contributed by atoms with Crippen molar-refractivity contribution in [3.8, 4) is 0 Å². The lowest BCUT2D eigenvalue weighted by atomic mass is 10.2. The molecular weight excluding hydrogens is 226 g/mol. The van der Waals surface area contributed by atoms with Gasteiger partial charge in [0, 0.05) is 28.5 Å². The maximum Gasteiger partial charge on any atom is 0.0495 e. The molecule has 0 saturated carbocycles. The molecule has 0 atom stereocenters. The molecule has 1 nitrogen and oxygen atoms in total. The number of nitrogens with zero attached hydrogens (tertiary/aromatic N) is 1. The number of thiol groups is 1. The number of aromatic nitrogens is 1. The molecule has 0 aliphatic heterocycles. The smallest absolute Gasteiger partial charge is 0.0495 e. The molecule has 0 amide bonds. The van der Waals surface area contributed by atoms with Gasteiger partial charge in [0.25, 0.3) is 0 Å². The maximum atomic E-state index is 4.52. The normalized spacial score (nSPS) is 10.9. The zero-order chi connectivity index (χ0) is 11.7. The molecule has 1 aromatic heterocycles. The Morgan fingerprint density at radius 2 is 1.59 bits per heavy atom. The van der Waals surface area contributed by atoms with Crippen LogP contribution in [0.3, 0.4) is 0 Å². The molecule has 2 heteroatoms. The summed E-state index contributed by atoms with van der Waals surface area (Å²) in [6.45, 7) is 0.891. The van der Waals surface area contributed by atoms with Crippen molar-refractivity contribution in [2.24, 2.45) is 0 Å². The molecule has 17 heavy (non-hydrogen) atoms. The molecule has 0 saturated heterocycles. The summed E-state index contributed by atoms with van der Waals surface area (Å²) in [5.74, 6) is 0. The molecule has 0 spiro atoms. The minimum atomic E-state index is 0.891. The van der Waals surface area contributed by atoms with Crippen molar-refractivity contribution in [3.05, 3.63) is 66.4 Å². The molecule has 0 radical (unpaired) electrons. The van der Waals surface area contributed by atoms with Crippen LogP contribution < -0.4 is 0 Å². The topological polar surface area (TPSA) is 4.93 Å². The van der Waals surface area contributed by atoms with Crippen LogP contribution in [0.2, 0.25) is 0 Å². The molecule has 3 rings (SSSR count). The van der Waals surface area contributed by atoms with E-state index < -0.39 is 0 Å². The predicted octanol–water partition coefficient (Wildman–Crippen LogP) is 3.98. The SMILES string of the molecule is Sc1cn(Cc2ccccc2)c2ccccc12. The van der Waals surface area contributed by atoms with Gasteiger partial charge in [-0.2, -0.15) is 0 Å². The van der Waals surface area contributed by atoms with Crippen LogP contribution in [0.4, 0.5) is 0 Å². The van der Waals surface area contributed by atoms with Crippen molar-refractivity contribution in [1.82, 2.24) is 4.57 Å². The lowest BCUT2D eigenvalue weighted by Gasteiger charge is -2.04. The second-order valence-electron chi connectivity index (χ2n) is 4.14. The minimum absolute atomic E-state index is 0.891. The lowest BCUT2D eigenvalue weighted by molar-refractivity contribution is 0.830. The Morgan fingerprint density at radius 3 is 2.41 bits per heavy atom. The largest absolute Gasteiger partial charge is 0.342 e. The highest BCUT2D eigenvalue weighted by Gasteiger charge is 2.04. The van der Waals surface area contributed by atoms with Gasteiger partial charge in [-0.25, -0.2) is 0 Å². The van der Waals surface area contributed by atoms with E-state index >= 15 is 0 Å². The van der Waals surface area contributed by atoms with Gasteiger partial charge >= 0.3 is 0 Å². The summed E-state index contributed by atoms with van der Waals surface area (Å²) >= 11 is 4.52. The van der Waals surface area contributed by atoms with Crippen molar-refractivity contribution in [2.75, 3.05) is 0 Å². The van der Waals surface area contributed by atoms with Crippen LogP contribution in [-0.4, -0.2) is 4.57 Å². The molecule has 2 aromatic carbocycles. The number of rotatable bonds is 2. The van der Waals surface area contributed by atoms with Crippen molar-refractivity contribution >= 4 is 23.5 Å². The van der Waals surface area contributed by atoms with Gasteiger partial charge in [0.1, 0.15) is 0 Å². The van der Waals surface area contributed by atoms with E-state index in [0.29, 0.717) is 0 Å². The Bertz CT molecular complexity index is 640. The van der Waals surface area contributed by atoms with Gasteiger partial charge in [-0.1, -0.05) is 48.5 Å². The number of benzene rings is 2. The Labute approximate surface area is 106 Å². The van der Waals surface area contributed by atoms with Crippen LogP contribution >= 0.6 is 12.6 Å². The molecular formula is C15H13NS. The molecule has 84 valence electrons. The second-order valence-corrected chi connectivity index (χ2v) is 4.63. The van der Waals surface area contributed by atoms with Crippen molar-refractivity contribution in [2.45, 2.75) is 11.4 Å². The number of hydrogen-bond donors (Lipinski definition) is 1. The zero-order valence-electron chi connectivity index (χ0n) is 9.38. The first kappa shape index (κ1) is 10.5. The van der Waals surface area contributed by atoms with E-state index in [1.54, 1.807) is 0 Å². The summed E-state index contributed by atoms with van der Waals surface area (Å²) in [6, 6.07) is 18.8. The summed E-state index contributed by atoms with van der Waals surface area (Å²) in [6.07, 6.45) is 2.10. The summed E-state index contributed by atoms with van der Waals surface area (Å²) in [5, 5.41) is 1.21. The molecule has 0 bridgehead atoms. The van der Waals surface area contributed by atoms with Gasteiger partial charge in [-0.3, -0.25) is 0 Å². The summed E-state index contributed by atoms with van der Waals surface area (Å²) in [7, 11) is 0. The first-order valence-corrected chi connectivity index (χ1v) is 6.10. The Balaban J connectivity index is 2.07. The first-order valence-electron chi connectivity index (χ1n) is 5.65. The fourth-order valence-electron chi connectivity index (χ4n) is 2.14. The standard InChI is InChI=1S/C15H13NS/c17-15-11-16(10-12-6-2-1-3-7-12)14-9-5-4-8-13(14)15/h1-9,11,17H,10H2. The third-order valence-electron chi connectivity index (χ3n) is 2.96. The van der Waals surface area contributed by atoms with Crippen LogP contribution in [0.5, 0.6) is 0 Å². The highest BCUT2D eigenvalue weighted by atomic mass is 32.1. The molecule has 0 fully saturated rings. The van der Waals surface area contributed by atoms with Crippen LogP contribution in [0.25, 0.3) is 10.9 Å². The van der Waals surface area contributed by atoms with E-state index in [9.17, 15) is 0 Å². The fourth-order valence-corrected chi connectivity index (χ4v) is 2.47. The third-order valence-corrected chi connectivity index (χ3v) is 3.32. The van der Waals surface area contributed by atoms with Gasteiger partial charge in [-0.15, -0.1) is 12.6 Å². The first-order chi connectivity index (χ1) is 8.34. The predicted molar refractivity (Wildman–Crippen MR) is 74.7 cm³/mol. The van der Waals surface area contributed by atoms with Crippen LogP contribution in [0.1, 0.15) is 5.56 Å². The third kappa shape index (κ3) is 1.96. The monoisotopic (exact) mass is 239 g/mol. The van der Waals surface area contributed by atoms with Gasteiger partial charge in [0.15, 0.2) is 0 Å². The van der Waals surface area contributed by atoms with E-state index in [0.717, 1.165) is 11.4 Å². The number of hydrogen-bond acceptors (Lipinski definition) is 1. The maximum absolute atomic E-state index is 4.52. The van der Waals surface area contributed by atoms with E-state index in [2.05, 4.69) is 71.9 Å². The van der Waals surface area contributed by atoms with Crippen molar-refractivity contribution in [3.63, 3.8) is 0 Å². The van der Waals surface area contributed by atoms with Crippen LogP contribution in [0.15, 0.2) is 65.7 Å². The quantitative estimate of drug-likeness (QED) is 0.645. The molecule has 3 aromatic rings. The zero-order valence-corrected chi connectivity index (χ0v) is 10.3. The molecule has 0 unspecified atom stereocenters. The van der Waals surface area contributed by atoms with Crippen molar-refractivity contribution < 1.29 is 0 Å². The highest BCUT2D eigenvalue weighted by Crippen LogP contribution is 2.24. The Hall–Kier alpha value is -1.67. The summed E-state index contributed by atoms with van der Waals surface area (Å²) < 4.78 is 2.24. The fraction of sp³-hybridized carbons (Fsp3) is 0.0667. The average Bonchev–Trinajstić information content (AvgIpc) is 2.69. The molecule has 0 N–H and O–H groups in total. The van der Waals surface area contributed by atoms with Crippen LogP contribution in [-0.2, 0) is 6.54 Å². The van der Waals surface area contributed by atoms with Gasteiger partial charge in [0.05, 0.1) is 0 Å². The van der Waals surface area contributed by atoms with Crippen molar-refractivity contribution in [1.29, 1.82) is 0 Å². The number of fused-ring (bicyclic) bond motifs is 1. The molecule has 0 aliphatic rings. The number of para-hydroxylation sites is 1. The van der Waals surface area contributed by atoms with E-state index in [-0.39, 0.29) is 0 Å². The second kappa shape index (κ2) is 4.30. The van der Waals surface area contributed by atoms with E-state index in [1.165, 1.54) is 16.5 Å². The molecule has 1 heterocycles. The summed E-state index contributed by atoms with van der Waals surface area (Å²) in [5.41, 5.74) is 2.54. The Kier molecular flexibility index (Phi) is 2.65. The summed E-state index contributed by atoms with van der Waals surface area (Å²) in [4.78, 5) is 1.04. The lowest BCUT2D eigenvalue weighted by Crippen LogP contribution is -1.96. The molecule has 0 aliphatic carbocycles. The van der Waals surface area contributed by atoms with Gasteiger partial charge in [-0.05, 0) is 11.6 Å². The van der Waals surface area contributed by atoms with E-state index in [1.807, 2.05) is 6.07 Å².